The molecule has 0 aromatic heterocycles. The molecule has 15 heavy (non-hydrogen) atoms. The van der Waals surface area contributed by atoms with Gasteiger partial charge < -0.3 is 5.73 Å². The lowest BCUT2D eigenvalue weighted by Gasteiger charge is -2.20. The molecule has 1 saturated carbocycles. The molecule has 1 nitrogen and oxygen atoms in total. The second kappa shape index (κ2) is 4.62. The van der Waals surface area contributed by atoms with Gasteiger partial charge in [0.2, 0.25) is 0 Å². The third-order valence-corrected chi connectivity index (χ3v) is 3.93. The van der Waals surface area contributed by atoms with E-state index in [1.807, 2.05) is 6.07 Å². The highest BCUT2D eigenvalue weighted by molar-refractivity contribution is 9.10. The number of halogens is 2. The molecule has 0 heterocycles. The Balaban J connectivity index is 2.27. The van der Waals surface area contributed by atoms with E-state index >= 15 is 0 Å². The van der Waals surface area contributed by atoms with Gasteiger partial charge in [0.15, 0.2) is 0 Å². The molecule has 1 aliphatic carbocycles. The molecule has 1 aliphatic rings. The lowest BCUT2D eigenvalue weighted by atomic mass is 9.92. The summed E-state index contributed by atoms with van der Waals surface area (Å²) >= 11 is 3.37. The van der Waals surface area contributed by atoms with Crippen LogP contribution in [0.5, 0.6) is 0 Å². The van der Waals surface area contributed by atoms with Gasteiger partial charge in [0.1, 0.15) is 5.82 Å². The normalized spacial score (nSPS) is 19.4. The molecule has 2 N–H and O–H groups in total. The van der Waals surface area contributed by atoms with Crippen LogP contribution in [0.3, 0.4) is 0 Å². The van der Waals surface area contributed by atoms with Crippen LogP contribution in [0.1, 0.15) is 37.3 Å². The summed E-state index contributed by atoms with van der Waals surface area (Å²) in [4.78, 5) is 0. The van der Waals surface area contributed by atoms with E-state index in [2.05, 4.69) is 15.9 Å². The quantitative estimate of drug-likeness (QED) is 0.871. The molecule has 0 bridgehead atoms. The molecule has 1 fully saturated rings. The Hall–Kier alpha value is -0.410. The minimum absolute atomic E-state index is 0.164. The van der Waals surface area contributed by atoms with Crippen molar-refractivity contribution in [3.63, 3.8) is 0 Å². The van der Waals surface area contributed by atoms with Gasteiger partial charge in [-0.1, -0.05) is 34.8 Å². The summed E-state index contributed by atoms with van der Waals surface area (Å²) in [5.74, 6) is 0.252. The lowest BCUT2D eigenvalue weighted by molar-refractivity contribution is 0.427. The monoisotopic (exact) mass is 271 g/mol. The molecule has 1 aromatic rings. The summed E-state index contributed by atoms with van der Waals surface area (Å²) in [7, 11) is 0. The predicted octanol–water partition coefficient (Wildman–Crippen LogP) is 3.78. The van der Waals surface area contributed by atoms with Crippen molar-refractivity contribution in [3.8, 4) is 0 Å². The number of hydrogen-bond acceptors (Lipinski definition) is 1. The van der Waals surface area contributed by atoms with E-state index in [-0.39, 0.29) is 11.9 Å². The van der Waals surface area contributed by atoms with Crippen molar-refractivity contribution in [1.82, 2.24) is 0 Å². The molecular weight excluding hydrogens is 257 g/mol. The Bertz CT molecular complexity index is 327. The molecule has 1 aromatic carbocycles. The van der Waals surface area contributed by atoms with E-state index in [4.69, 9.17) is 5.73 Å². The van der Waals surface area contributed by atoms with Crippen LogP contribution in [0.2, 0.25) is 0 Å². The summed E-state index contributed by atoms with van der Waals surface area (Å²) in [5, 5.41) is 0. The number of hydrogen-bond donors (Lipinski definition) is 1. The fourth-order valence-corrected chi connectivity index (χ4v) is 2.99. The molecule has 0 amide bonds. The topological polar surface area (TPSA) is 26.0 Å². The third kappa shape index (κ3) is 2.23. The van der Waals surface area contributed by atoms with Gasteiger partial charge in [-0.15, -0.1) is 0 Å². The fraction of sp³-hybridized carbons (Fsp3) is 0.500. The first-order valence-electron chi connectivity index (χ1n) is 5.39. The molecule has 0 spiro atoms. The molecule has 0 aliphatic heterocycles. The highest BCUT2D eigenvalue weighted by atomic mass is 79.9. The first-order valence-corrected chi connectivity index (χ1v) is 6.19. The van der Waals surface area contributed by atoms with Crippen LogP contribution in [0.25, 0.3) is 0 Å². The first-order chi connectivity index (χ1) is 7.20. The largest absolute Gasteiger partial charge is 0.324 e. The molecule has 0 radical (unpaired) electrons. The highest BCUT2D eigenvalue weighted by Crippen LogP contribution is 2.37. The molecule has 2 rings (SSSR count). The van der Waals surface area contributed by atoms with Gasteiger partial charge in [-0.2, -0.15) is 0 Å². The molecule has 1 atom stereocenters. The molecular formula is C12H15BrFN. The molecule has 0 saturated heterocycles. The SMILES string of the molecule is N[C@@H](c1c(F)cccc1Br)C1CCCC1. The van der Waals surface area contributed by atoms with Crippen LogP contribution in [0.15, 0.2) is 22.7 Å². The van der Waals surface area contributed by atoms with E-state index in [1.54, 1.807) is 6.07 Å². The van der Waals surface area contributed by atoms with Crippen molar-refractivity contribution in [2.45, 2.75) is 31.7 Å². The van der Waals surface area contributed by atoms with Crippen molar-refractivity contribution in [2.75, 3.05) is 0 Å². The van der Waals surface area contributed by atoms with E-state index < -0.39 is 0 Å². The Morgan fingerprint density at radius 3 is 2.60 bits per heavy atom. The summed E-state index contributed by atoms with van der Waals surface area (Å²) in [6.45, 7) is 0. The number of benzene rings is 1. The molecule has 3 heteroatoms. The van der Waals surface area contributed by atoms with Crippen LogP contribution in [-0.4, -0.2) is 0 Å². The van der Waals surface area contributed by atoms with Crippen LogP contribution in [0.4, 0.5) is 4.39 Å². The van der Waals surface area contributed by atoms with Crippen molar-refractivity contribution < 1.29 is 4.39 Å². The zero-order valence-corrected chi connectivity index (χ0v) is 10.1. The Morgan fingerprint density at radius 2 is 2.00 bits per heavy atom. The lowest BCUT2D eigenvalue weighted by Crippen LogP contribution is -2.20. The Kier molecular flexibility index (Phi) is 3.42. The smallest absolute Gasteiger partial charge is 0.129 e. The Morgan fingerprint density at radius 1 is 1.33 bits per heavy atom. The van der Waals surface area contributed by atoms with Crippen molar-refractivity contribution in [3.05, 3.63) is 34.1 Å². The minimum Gasteiger partial charge on any atom is -0.324 e. The van der Waals surface area contributed by atoms with E-state index in [9.17, 15) is 4.39 Å². The predicted molar refractivity (Wildman–Crippen MR) is 63.0 cm³/mol. The zero-order valence-electron chi connectivity index (χ0n) is 8.55. The van der Waals surface area contributed by atoms with Gasteiger partial charge in [-0.25, -0.2) is 4.39 Å². The summed E-state index contributed by atoms with van der Waals surface area (Å²) < 4.78 is 14.4. The third-order valence-electron chi connectivity index (χ3n) is 3.24. The summed E-state index contributed by atoms with van der Waals surface area (Å²) in [5.41, 5.74) is 6.77. The van der Waals surface area contributed by atoms with Gasteiger partial charge in [0.05, 0.1) is 0 Å². The summed E-state index contributed by atoms with van der Waals surface area (Å²) in [6, 6.07) is 4.87. The number of nitrogens with two attached hydrogens (primary N) is 1. The average Bonchev–Trinajstić information content (AvgIpc) is 2.69. The maximum absolute atomic E-state index is 13.6. The van der Waals surface area contributed by atoms with Crippen LogP contribution >= 0.6 is 15.9 Å². The fourth-order valence-electron chi connectivity index (χ4n) is 2.38. The highest BCUT2D eigenvalue weighted by Gasteiger charge is 2.26. The number of rotatable bonds is 2. The van der Waals surface area contributed by atoms with Crippen LogP contribution in [-0.2, 0) is 0 Å². The van der Waals surface area contributed by atoms with Crippen LogP contribution in [0, 0.1) is 11.7 Å². The van der Waals surface area contributed by atoms with E-state index in [0.717, 1.165) is 17.3 Å². The van der Waals surface area contributed by atoms with Crippen molar-refractivity contribution >= 4 is 15.9 Å². The maximum Gasteiger partial charge on any atom is 0.129 e. The zero-order chi connectivity index (χ0) is 10.8. The first kappa shape index (κ1) is 11.1. The molecule has 0 unspecified atom stereocenters. The van der Waals surface area contributed by atoms with Crippen molar-refractivity contribution in [2.24, 2.45) is 11.7 Å². The van der Waals surface area contributed by atoms with Crippen LogP contribution < -0.4 is 5.73 Å². The van der Waals surface area contributed by atoms with Gasteiger partial charge in [-0.05, 0) is 30.9 Å². The van der Waals surface area contributed by atoms with E-state index in [0.29, 0.717) is 11.5 Å². The average molecular weight is 272 g/mol. The van der Waals surface area contributed by atoms with Gasteiger partial charge in [-0.3, -0.25) is 0 Å². The van der Waals surface area contributed by atoms with Gasteiger partial charge in [0, 0.05) is 16.1 Å². The van der Waals surface area contributed by atoms with Crippen molar-refractivity contribution in [1.29, 1.82) is 0 Å². The second-order valence-electron chi connectivity index (χ2n) is 4.21. The summed E-state index contributed by atoms with van der Waals surface area (Å²) in [6.07, 6.45) is 4.71. The van der Waals surface area contributed by atoms with Gasteiger partial charge in [0.25, 0.3) is 0 Å². The van der Waals surface area contributed by atoms with E-state index in [1.165, 1.54) is 18.9 Å². The van der Waals surface area contributed by atoms with Gasteiger partial charge >= 0.3 is 0 Å². The standard InChI is InChI=1S/C12H15BrFN/c13-9-6-3-7-10(14)11(9)12(15)8-4-1-2-5-8/h3,6-8,12H,1-2,4-5,15H2/t12-/m1/s1. The Labute approximate surface area is 98.0 Å². The second-order valence-corrected chi connectivity index (χ2v) is 5.06. The minimum atomic E-state index is -0.191. The molecule has 82 valence electrons. The maximum atomic E-state index is 13.6.